The van der Waals surface area contributed by atoms with Gasteiger partial charge in [-0.05, 0) is 31.9 Å². The quantitative estimate of drug-likeness (QED) is 0.785. The lowest BCUT2D eigenvalue weighted by Crippen LogP contribution is -2.40. The Hall–Kier alpha value is -2.06. The lowest BCUT2D eigenvalue weighted by Gasteiger charge is -2.34. The summed E-state index contributed by atoms with van der Waals surface area (Å²) in [5.41, 5.74) is 2.72. The summed E-state index contributed by atoms with van der Waals surface area (Å²) in [5, 5.41) is 12.0. The fourth-order valence-corrected chi connectivity index (χ4v) is 3.85. The molecular weight excluding hydrogens is 332 g/mol. The van der Waals surface area contributed by atoms with Crippen molar-refractivity contribution < 1.29 is 9.53 Å². The van der Waals surface area contributed by atoms with Crippen LogP contribution < -0.4 is 10.1 Å². The molecule has 8 heteroatoms. The number of para-hydroxylation sites is 1. The van der Waals surface area contributed by atoms with Crippen molar-refractivity contribution in [2.45, 2.75) is 25.9 Å². The van der Waals surface area contributed by atoms with Gasteiger partial charge < -0.3 is 10.1 Å². The number of benzene rings is 1. The SMILES string of the molecule is Cc1nnc(NC(=O)[C@H]2C[C@H](Oc3cccc4scnc34)C2)s1. The zero-order valence-electron chi connectivity index (χ0n) is 12.4. The monoisotopic (exact) mass is 346 g/mol. The predicted molar refractivity (Wildman–Crippen MR) is 90.0 cm³/mol. The van der Waals surface area contributed by atoms with Crippen molar-refractivity contribution in [2.24, 2.45) is 5.92 Å². The Kier molecular flexibility index (Phi) is 3.70. The Bertz CT molecular complexity index is 854. The molecule has 1 aliphatic rings. The number of nitrogens with one attached hydrogen (secondary N) is 1. The van der Waals surface area contributed by atoms with E-state index in [4.69, 9.17) is 4.74 Å². The van der Waals surface area contributed by atoms with Crippen molar-refractivity contribution in [1.29, 1.82) is 0 Å². The number of hydrogen-bond donors (Lipinski definition) is 1. The summed E-state index contributed by atoms with van der Waals surface area (Å²) in [7, 11) is 0. The van der Waals surface area contributed by atoms with Gasteiger partial charge in [0.25, 0.3) is 0 Å². The summed E-state index contributed by atoms with van der Waals surface area (Å²) in [6.07, 6.45) is 1.49. The van der Waals surface area contributed by atoms with Gasteiger partial charge in [-0.2, -0.15) is 0 Å². The highest BCUT2D eigenvalue weighted by Crippen LogP contribution is 2.35. The van der Waals surface area contributed by atoms with Gasteiger partial charge in [-0.3, -0.25) is 4.79 Å². The van der Waals surface area contributed by atoms with Crippen molar-refractivity contribution in [3.63, 3.8) is 0 Å². The molecule has 1 N–H and O–H groups in total. The van der Waals surface area contributed by atoms with Crippen LogP contribution in [0.25, 0.3) is 10.2 Å². The highest BCUT2D eigenvalue weighted by atomic mass is 32.1. The van der Waals surface area contributed by atoms with E-state index in [0.717, 1.165) is 21.0 Å². The first-order valence-electron chi connectivity index (χ1n) is 7.29. The molecule has 3 aromatic rings. The zero-order chi connectivity index (χ0) is 15.8. The lowest BCUT2D eigenvalue weighted by atomic mass is 9.81. The van der Waals surface area contributed by atoms with Gasteiger partial charge in [-0.1, -0.05) is 17.4 Å². The summed E-state index contributed by atoms with van der Waals surface area (Å²) < 4.78 is 7.11. The topological polar surface area (TPSA) is 77.0 Å². The molecule has 0 atom stereocenters. The summed E-state index contributed by atoms with van der Waals surface area (Å²) in [6.45, 7) is 1.86. The van der Waals surface area contributed by atoms with Gasteiger partial charge in [0.05, 0.1) is 10.2 Å². The normalized spacial score (nSPS) is 20.2. The number of ether oxygens (including phenoxy) is 1. The Labute approximate surface area is 140 Å². The first-order valence-corrected chi connectivity index (χ1v) is 8.98. The Balaban J connectivity index is 1.34. The molecule has 6 nitrogen and oxygen atoms in total. The van der Waals surface area contributed by atoms with E-state index >= 15 is 0 Å². The number of carbonyl (C=O) groups excluding carboxylic acids is 1. The minimum atomic E-state index is -0.0288. The minimum Gasteiger partial charge on any atom is -0.488 e. The van der Waals surface area contributed by atoms with Crippen LogP contribution in [0.2, 0.25) is 0 Å². The molecule has 1 amide bonds. The molecule has 118 valence electrons. The largest absolute Gasteiger partial charge is 0.488 e. The number of carbonyl (C=O) groups is 1. The second-order valence-electron chi connectivity index (χ2n) is 5.48. The van der Waals surface area contributed by atoms with Gasteiger partial charge in [0.15, 0.2) is 0 Å². The first-order chi connectivity index (χ1) is 11.2. The van der Waals surface area contributed by atoms with E-state index in [2.05, 4.69) is 20.5 Å². The molecule has 1 aliphatic carbocycles. The average molecular weight is 346 g/mol. The lowest BCUT2D eigenvalue weighted by molar-refractivity contribution is -0.125. The maximum atomic E-state index is 12.1. The highest BCUT2D eigenvalue weighted by Gasteiger charge is 2.36. The number of thiazole rings is 1. The van der Waals surface area contributed by atoms with Crippen LogP contribution in [-0.2, 0) is 4.79 Å². The van der Waals surface area contributed by atoms with Crippen LogP contribution in [0.15, 0.2) is 23.7 Å². The summed E-state index contributed by atoms with van der Waals surface area (Å²) in [6, 6.07) is 5.93. The molecule has 4 rings (SSSR count). The van der Waals surface area contributed by atoms with Gasteiger partial charge in [0.2, 0.25) is 11.0 Å². The number of anilines is 1. The predicted octanol–water partition coefficient (Wildman–Crippen LogP) is 3.25. The maximum Gasteiger partial charge on any atom is 0.229 e. The second-order valence-corrected chi connectivity index (χ2v) is 7.55. The van der Waals surface area contributed by atoms with E-state index in [1.807, 2.05) is 30.6 Å². The van der Waals surface area contributed by atoms with Crippen molar-refractivity contribution >= 4 is 43.9 Å². The Morgan fingerprint density at radius 3 is 3.00 bits per heavy atom. The molecule has 0 spiro atoms. The number of rotatable bonds is 4. The number of aryl methyl sites for hydroxylation is 1. The van der Waals surface area contributed by atoms with E-state index < -0.39 is 0 Å². The third-order valence-electron chi connectivity index (χ3n) is 3.84. The molecule has 1 saturated carbocycles. The van der Waals surface area contributed by atoms with Crippen molar-refractivity contribution in [1.82, 2.24) is 15.2 Å². The zero-order valence-corrected chi connectivity index (χ0v) is 14.0. The maximum absolute atomic E-state index is 12.1. The minimum absolute atomic E-state index is 0.00660. The number of aromatic nitrogens is 3. The van der Waals surface area contributed by atoms with Crippen LogP contribution in [0, 0.1) is 12.8 Å². The molecule has 0 saturated heterocycles. The molecule has 0 aliphatic heterocycles. The Morgan fingerprint density at radius 1 is 1.35 bits per heavy atom. The Morgan fingerprint density at radius 2 is 2.22 bits per heavy atom. The average Bonchev–Trinajstić information content (AvgIpc) is 3.11. The van der Waals surface area contributed by atoms with Crippen LogP contribution in [0.4, 0.5) is 5.13 Å². The van der Waals surface area contributed by atoms with E-state index in [0.29, 0.717) is 18.0 Å². The van der Waals surface area contributed by atoms with Gasteiger partial charge >= 0.3 is 0 Å². The molecule has 0 bridgehead atoms. The molecule has 1 aromatic carbocycles. The molecule has 2 aromatic heterocycles. The number of fused-ring (bicyclic) bond motifs is 1. The molecular formula is C15H14N4O2S2. The molecule has 23 heavy (non-hydrogen) atoms. The van der Waals surface area contributed by atoms with Crippen LogP contribution in [0.3, 0.4) is 0 Å². The summed E-state index contributed by atoms with van der Waals surface area (Å²) in [4.78, 5) is 16.5. The van der Waals surface area contributed by atoms with Crippen molar-refractivity contribution in [2.75, 3.05) is 5.32 Å². The summed E-state index contributed by atoms with van der Waals surface area (Å²) >= 11 is 2.98. The van der Waals surface area contributed by atoms with Gasteiger partial charge in [-0.25, -0.2) is 4.98 Å². The fourth-order valence-electron chi connectivity index (χ4n) is 2.57. The molecule has 0 radical (unpaired) electrons. The van der Waals surface area contributed by atoms with E-state index in [9.17, 15) is 4.79 Å². The molecule has 0 unspecified atom stereocenters. The van der Waals surface area contributed by atoms with E-state index in [-0.39, 0.29) is 17.9 Å². The number of hydrogen-bond acceptors (Lipinski definition) is 7. The summed E-state index contributed by atoms with van der Waals surface area (Å²) in [5.74, 6) is 0.763. The fraction of sp³-hybridized carbons (Fsp3) is 0.333. The van der Waals surface area contributed by atoms with Gasteiger partial charge in [0, 0.05) is 5.92 Å². The van der Waals surface area contributed by atoms with Crippen LogP contribution in [-0.4, -0.2) is 27.2 Å². The van der Waals surface area contributed by atoms with Crippen LogP contribution in [0.5, 0.6) is 5.75 Å². The van der Waals surface area contributed by atoms with Crippen LogP contribution in [0.1, 0.15) is 17.8 Å². The highest BCUT2D eigenvalue weighted by molar-refractivity contribution is 7.16. The van der Waals surface area contributed by atoms with Crippen molar-refractivity contribution in [3.05, 3.63) is 28.7 Å². The first kappa shape index (κ1) is 14.5. The standard InChI is InChI=1S/C15H14N4O2S2/c1-8-18-19-15(23-8)17-14(20)9-5-10(6-9)21-11-3-2-4-12-13(11)16-7-22-12/h2-4,7,9-10H,5-6H2,1H3,(H,17,19,20)/t9-,10-. The third kappa shape index (κ3) is 2.91. The second kappa shape index (κ2) is 5.86. The number of amides is 1. The van der Waals surface area contributed by atoms with Gasteiger partial charge in [-0.15, -0.1) is 21.5 Å². The van der Waals surface area contributed by atoms with Gasteiger partial charge in [0.1, 0.15) is 22.4 Å². The van der Waals surface area contributed by atoms with Crippen molar-refractivity contribution in [3.8, 4) is 5.75 Å². The van der Waals surface area contributed by atoms with Crippen LogP contribution >= 0.6 is 22.7 Å². The number of nitrogens with zero attached hydrogens (tertiary/aromatic N) is 3. The third-order valence-corrected chi connectivity index (χ3v) is 5.39. The molecule has 2 heterocycles. The smallest absolute Gasteiger partial charge is 0.229 e. The van der Waals surface area contributed by atoms with E-state index in [1.54, 1.807) is 11.3 Å². The van der Waals surface area contributed by atoms with E-state index in [1.165, 1.54) is 11.3 Å². The molecule has 1 fully saturated rings.